The highest BCUT2D eigenvalue weighted by atomic mass is 28.4. The number of carbonyl (C=O) groups excluding carboxylic acids is 3. The SMILES string of the molecule is CC(C)(C)[Si](C)(C)OCC(OC(=O)ON1C(=O)CCC1=O)C(F)(F)F. The van der Waals surface area contributed by atoms with Gasteiger partial charge >= 0.3 is 12.3 Å². The maximum Gasteiger partial charge on any atom is 0.534 e. The largest absolute Gasteiger partial charge is 0.534 e. The lowest BCUT2D eigenvalue weighted by atomic mass is 10.2. The van der Waals surface area contributed by atoms with Crippen LogP contribution < -0.4 is 0 Å². The third-order valence-electron chi connectivity index (χ3n) is 4.18. The van der Waals surface area contributed by atoms with Crippen LogP contribution in [0.25, 0.3) is 0 Å². The molecule has 1 heterocycles. The molecule has 144 valence electrons. The molecule has 1 atom stereocenters. The molecule has 0 bridgehead atoms. The Balaban J connectivity index is 2.72. The van der Waals surface area contributed by atoms with Gasteiger partial charge in [-0.3, -0.25) is 14.4 Å². The van der Waals surface area contributed by atoms with Gasteiger partial charge in [-0.05, 0) is 18.1 Å². The van der Waals surface area contributed by atoms with E-state index in [1.165, 1.54) is 0 Å². The van der Waals surface area contributed by atoms with E-state index in [0.717, 1.165) is 0 Å². The maximum atomic E-state index is 13.1. The number of alkyl halides is 3. The van der Waals surface area contributed by atoms with E-state index >= 15 is 0 Å². The third kappa shape index (κ3) is 5.70. The first-order valence-electron chi connectivity index (χ1n) is 7.60. The Hall–Kier alpha value is -1.62. The molecule has 1 fully saturated rings. The quantitative estimate of drug-likeness (QED) is 0.411. The van der Waals surface area contributed by atoms with Crippen molar-refractivity contribution in [1.82, 2.24) is 5.06 Å². The number of hydroxylamine groups is 2. The van der Waals surface area contributed by atoms with Gasteiger partial charge in [0, 0.05) is 12.8 Å². The molecule has 2 amide bonds. The first kappa shape index (κ1) is 21.4. The summed E-state index contributed by atoms with van der Waals surface area (Å²) >= 11 is 0. The summed E-state index contributed by atoms with van der Waals surface area (Å²) in [5.74, 6) is -1.63. The molecule has 7 nitrogen and oxygen atoms in total. The highest BCUT2D eigenvalue weighted by Crippen LogP contribution is 2.37. The summed E-state index contributed by atoms with van der Waals surface area (Å²) in [6.07, 6.45) is -9.60. The Morgan fingerprint density at radius 1 is 1.16 bits per heavy atom. The number of imide groups is 1. The molecule has 0 aromatic heterocycles. The van der Waals surface area contributed by atoms with Crippen molar-refractivity contribution in [3.8, 4) is 0 Å². The third-order valence-corrected chi connectivity index (χ3v) is 8.68. The van der Waals surface area contributed by atoms with Gasteiger partial charge in [0.2, 0.25) is 6.10 Å². The van der Waals surface area contributed by atoms with Crippen LogP contribution >= 0.6 is 0 Å². The minimum absolute atomic E-state index is 0.116. The molecule has 0 aliphatic carbocycles. The topological polar surface area (TPSA) is 82.1 Å². The van der Waals surface area contributed by atoms with Crippen LogP contribution in [-0.4, -0.2) is 50.2 Å². The Kier molecular flexibility index (Phi) is 6.27. The lowest BCUT2D eigenvalue weighted by molar-refractivity contribution is -0.226. The van der Waals surface area contributed by atoms with E-state index in [1.54, 1.807) is 13.1 Å². The van der Waals surface area contributed by atoms with Crippen LogP contribution in [0, 0.1) is 0 Å². The fourth-order valence-electron chi connectivity index (χ4n) is 1.57. The van der Waals surface area contributed by atoms with Crippen LogP contribution in [0.3, 0.4) is 0 Å². The minimum atomic E-state index is -4.89. The second-order valence-corrected chi connectivity index (χ2v) is 12.0. The predicted octanol–water partition coefficient (Wildman–Crippen LogP) is 3.16. The minimum Gasteiger partial charge on any atom is -0.417 e. The molecule has 0 saturated carbocycles. The van der Waals surface area contributed by atoms with Gasteiger partial charge in [0.15, 0.2) is 8.32 Å². The number of carbonyl (C=O) groups is 3. The molecule has 1 saturated heterocycles. The molecule has 0 radical (unpaired) electrons. The standard InChI is InChI=1S/C14H22F3NO6Si/c1-13(2,3)25(4,5)22-8-9(14(15,16)17)23-12(21)24-18-10(19)6-7-11(18)20/h9H,6-8H2,1-5H3. The maximum absolute atomic E-state index is 13.1. The van der Waals surface area contributed by atoms with Crippen molar-refractivity contribution in [3.05, 3.63) is 0 Å². The molecular weight excluding hydrogens is 363 g/mol. The molecule has 0 aromatic carbocycles. The second-order valence-electron chi connectivity index (χ2n) is 7.14. The van der Waals surface area contributed by atoms with E-state index in [-0.39, 0.29) is 22.9 Å². The average molecular weight is 385 g/mol. The number of hydrogen-bond donors (Lipinski definition) is 0. The van der Waals surface area contributed by atoms with Crippen molar-refractivity contribution in [3.63, 3.8) is 0 Å². The number of nitrogens with zero attached hydrogens (tertiary/aromatic N) is 1. The summed E-state index contributed by atoms with van der Waals surface area (Å²) in [7, 11) is -2.51. The number of amides is 2. The number of rotatable bonds is 5. The smallest absolute Gasteiger partial charge is 0.417 e. The van der Waals surface area contributed by atoms with E-state index in [0.29, 0.717) is 0 Å². The van der Waals surface area contributed by atoms with Gasteiger partial charge in [-0.25, -0.2) is 4.79 Å². The Morgan fingerprint density at radius 2 is 1.64 bits per heavy atom. The van der Waals surface area contributed by atoms with Crippen molar-refractivity contribution in [1.29, 1.82) is 0 Å². The summed E-state index contributed by atoms with van der Waals surface area (Å²) in [6.45, 7) is 8.15. The lowest BCUT2D eigenvalue weighted by Gasteiger charge is -2.37. The Morgan fingerprint density at radius 3 is 2.04 bits per heavy atom. The van der Waals surface area contributed by atoms with Crippen LogP contribution in [0.5, 0.6) is 0 Å². The summed E-state index contributed by atoms with van der Waals surface area (Å²) < 4.78 is 48.9. The van der Waals surface area contributed by atoms with Crippen LogP contribution in [0.15, 0.2) is 0 Å². The van der Waals surface area contributed by atoms with E-state index in [4.69, 9.17) is 4.43 Å². The van der Waals surface area contributed by atoms with E-state index in [1.807, 2.05) is 20.8 Å². The molecule has 1 aliphatic rings. The van der Waals surface area contributed by atoms with Crippen molar-refractivity contribution in [2.45, 2.75) is 64.0 Å². The fourth-order valence-corrected chi connectivity index (χ4v) is 2.57. The summed E-state index contributed by atoms with van der Waals surface area (Å²) in [6, 6.07) is 0. The predicted molar refractivity (Wildman–Crippen MR) is 81.6 cm³/mol. The van der Waals surface area contributed by atoms with Crippen LogP contribution in [0.2, 0.25) is 18.1 Å². The molecule has 0 N–H and O–H groups in total. The lowest BCUT2D eigenvalue weighted by Crippen LogP contribution is -2.47. The van der Waals surface area contributed by atoms with Crippen molar-refractivity contribution < 1.29 is 41.6 Å². The zero-order chi connectivity index (χ0) is 19.6. The molecule has 0 aromatic rings. The molecule has 1 aliphatic heterocycles. The Bertz CT molecular complexity index is 528. The zero-order valence-corrected chi connectivity index (χ0v) is 15.7. The van der Waals surface area contributed by atoms with Crippen molar-refractivity contribution >= 4 is 26.3 Å². The van der Waals surface area contributed by atoms with Gasteiger partial charge in [0.05, 0.1) is 6.61 Å². The molecule has 25 heavy (non-hydrogen) atoms. The monoisotopic (exact) mass is 385 g/mol. The van der Waals surface area contributed by atoms with Crippen LogP contribution in [0.1, 0.15) is 33.6 Å². The first-order valence-corrected chi connectivity index (χ1v) is 10.5. The number of halogens is 3. The zero-order valence-electron chi connectivity index (χ0n) is 14.7. The molecule has 0 spiro atoms. The highest BCUT2D eigenvalue weighted by Gasteiger charge is 2.47. The number of ether oxygens (including phenoxy) is 1. The van der Waals surface area contributed by atoms with Crippen molar-refractivity contribution in [2.75, 3.05) is 6.61 Å². The van der Waals surface area contributed by atoms with Crippen LogP contribution in [0.4, 0.5) is 18.0 Å². The van der Waals surface area contributed by atoms with Gasteiger partial charge in [0.25, 0.3) is 11.8 Å². The number of hydrogen-bond acceptors (Lipinski definition) is 6. The van der Waals surface area contributed by atoms with E-state index in [2.05, 4.69) is 9.57 Å². The van der Waals surface area contributed by atoms with Gasteiger partial charge in [0.1, 0.15) is 0 Å². The fraction of sp³-hybridized carbons (Fsp3) is 0.786. The average Bonchev–Trinajstić information content (AvgIpc) is 2.72. The summed E-state index contributed by atoms with van der Waals surface area (Å²) in [4.78, 5) is 38.4. The van der Waals surface area contributed by atoms with E-state index < -0.39 is 45.2 Å². The van der Waals surface area contributed by atoms with Crippen LogP contribution in [-0.2, 0) is 23.6 Å². The van der Waals surface area contributed by atoms with E-state index in [9.17, 15) is 27.6 Å². The molecule has 1 unspecified atom stereocenters. The molecule has 11 heteroatoms. The second kappa shape index (κ2) is 7.32. The molecular formula is C14H22F3NO6Si. The van der Waals surface area contributed by atoms with Gasteiger partial charge in [-0.1, -0.05) is 25.8 Å². The highest BCUT2D eigenvalue weighted by molar-refractivity contribution is 6.74. The molecule has 1 rings (SSSR count). The van der Waals surface area contributed by atoms with Gasteiger partial charge < -0.3 is 9.16 Å². The van der Waals surface area contributed by atoms with Gasteiger partial charge in [-0.15, -0.1) is 0 Å². The van der Waals surface area contributed by atoms with Gasteiger partial charge in [-0.2, -0.15) is 13.2 Å². The van der Waals surface area contributed by atoms with Crippen molar-refractivity contribution in [2.24, 2.45) is 0 Å². The Labute approximate surface area is 144 Å². The summed E-state index contributed by atoms with van der Waals surface area (Å²) in [5.41, 5.74) is 0. The normalized spacial score (nSPS) is 17.7. The summed E-state index contributed by atoms with van der Waals surface area (Å²) in [5, 5.41) is -0.220. The first-order chi connectivity index (χ1) is 11.1.